The van der Waals surface area contributed by atoms with Crippen LogP contribution in [0.15, 0.2) is 97.2 Å². The van der Waals surface area contributed by atoms with Gasteiger partial charge in [-0.15, -0.1) is 0 Å². The van der Waals surface area contributed by atoms with Crippen LogP contribution in [0.1, 0.15) is 70.5 Å². The van der Waals surface area contributed by atoms with Crippen molar-refractivity contribution in [3.05, 3.63) is 120 Å². The molecule has 13 nitrogen and oxygen atoms in total. The number of carbonyl (C=O) groups is 4. The van der Waals surface area contributed by atoms with E-state index in [2.05, 4.69) is 20.6 Å². The number of nitrogens with zero attached hydrogens (tertiary/aromatic N) is 5. The number of likely N-dealkylation sites (N-methyl/N-ethyl adjacent to an activating group) is 1. The quantitative estimate of drug-likeness (QED) is 0.102. The van der Waals surface area contributed by atoms with Gasteiger partial charge in [0.1, 0.15) is 12.1 Å². The topological polar surface area (TPSA) is 168 Å². The second-order valence-electron chi connectivity index (χ2n) is 18.0. The van der Waals surface area contributed by atoms with Gasteiger partial charge in [0.15, 0.2) is 0 Å². The lowest BCUT2D eigenvalue weighted by Gasteiger charge is -2.38. The molecule has 0 aliphatic carbocycles. The molecular weight excluding hydrogens is 759 g/mol. The number of urea groups is 1. The Bertz CT molecular complexity index is 2070. The molecule has 5 atom stereocenters. The van der Waals surface area contributed by atoms with E-state index in [1.165, 1.54) is 7.05 Å². The maximum absolute atomic E-state index is 14.7. The molecule has 0 saturated carbocycles. The molecule has 1 aliphatic heterocycles. The number of benzene rings is 2. The van der Waals surface area contributed by atoms with Crippen LogP contribution in [0.5, 0.6) is 0 Å². The third-order valence-electron chi connectivity index (χ3n) is 10.9. The number of hydrogen-bond donors (Lipinski definition) is 4. The van der Waals surface area contributed by atoms with Gasteiger partial charge in [-0.05, 0) is 72.4 Å². The molecule has 2 aromatic carbocycles. The van der Waals surface area contributed by atoms with Gasteiger partial charge in [-0.2, -0.15) is 0 Å². The number of aliphatic hydroxyl groups excluding tert-OH is 1. The van der Waals surface area contributed by atoms with Crippen molar-refractivity contribution in [1.82, 2.24) is 35.3 Å². The monoisotopic (exact) mass is 819 g/mol. The summed E-state index contributed by atoms with van der Waals surface area (Å²) in [5, 5.41) is 28.3. The summed E-state index contributed by atoms with van der Waals surface area (Å²) in [5.74, 6) is -0.892. The van der Waals surface area contributed by atoms with Crippen LogP contribution in [-0.2, 0) is 29.0 Å². The average molecular weight is 820 g/mol. The Morgan fingerprint density at radius 1 is 0.800 bits per heavy atom. The first kappa shape index (κ1) is 45.3. The third kappa shape index (κ3) is 11.9. The van der Waals surface area contributed by atoms with Crippen molar-refractivity contribution in [2.75, 3.05) is 20.1 Å². The lowest BCUT2D eigenvalue weighted by Crippen LogP contribution is -2.59. The Labute approximate surface area is 354 Å². The van der Waals surface area contributed by atoms with E-state index in [9.17, 15) is 29.4 Å². The first-order valence-corrected chi connectivity index (χ1v) is 20.6. The molecule has 320 valence electrons. The van der Waals surface area contributed by atoms with Crippen LogP contribution in [0.25, 0.3) is 11.3 Å². The van der Waals surface area contributed by atoms with Gasteiger partial charge in [0.2, 0.25) is 11.8 Å². The van der Waals surface area contributed by atoms with E-state index in [0.29, 0.717) is 26.1 Å². The summed E-state index contributed by atoms with van der Waals surface area (Å²) in [6, 6.07) is 25.1. The molecule has 4 aromatic rings. The Kier molecular flexibility index (Phi) is 14.7. The number of hydrogen-bond acceptors (Lipinski definition) is 7. The second-order valence-corrected chi connectivity index (χ2v) is 18.0. The van der Waals surface area contributed by atoms with Crippen LogP contribution in [0.4, 0.5) is 9.59 Å². The first-order chi connectivity index (χ1) is 28.3. The van der Waals surface area contributed by atoms with Crippen molar-refractivity contribution in [1.29, 1.82) is 0 Å². The number of nitrogens with one attached hydrogen (secondary N) is 2. The van der Waals surface area contributed by atoms with E-state index in [1.54, 1.807) is 36.8 Å². The SMILES string of the molecule is Cc1cccc(CN2CCN([C@H](C(=O)N[C@H](Cc3ccc(-c4ccccn4)cc3)C[C@@H](O)[C@H](Cc3ccccc3)NC(=O)[C@@H](N(C)C(=O)O)C(C)(C)C)C(C)(C)C)C2=O)n1. The van der Waals surface area contributed by atoms with Crippen molar-refractivity contribution < 1.29 is 29.4 Å². The Morgan fingerprint density at radius 3 is 2.07 bits per heavy atom. The molecule has 0 radical (unpaired) electrons. The number of pyridine rings is 2. The smallest absolute Gasteiger partial charge is 0.407 e. The number of carbonyl (C=O) groups excluding carboxylic acids is 3. The molecule has 5 rings (SSSR count). The molecule has 60 heavy (non-hydrogen) atoms. The molecule has 1 saturated heterocycles. The zero-order chi connectivity index (χ0) is 43.8. The van der Waals surface area contributed by atoms with Gasteiger partial charge in [-0.3, -0.25) is 24.5 Å². The lowest BCUT2D eigenvalue weighted by atomic mass is 9.84. The van der Waals surface area contributed by atoms with Crippen LogP contribution in [-0.4, -0.2) is 109 Å². The van der Waals surface area contributed by atoms with Crippen molar-refractivity contribution in [2.45, 2.75) is 105 Å². The molecule has 1 fully saturated rings. The van der Waals surface area contributed by atoms with E-state index in [4.69, 9.17) is 0 Å². The van der Waals surface area contributed by atoms with Crippen molar-refractivity contribution in [3.63, 3.8) is 0 Å². The van der Waals surface area contributed by atoms with E-state index >= 15 is 0 Å². The van der Waals surface area contributed by atoms with Crippen LogP contribution >= 0.6 is 0 Å². The highest BCUT2D eigenvalue weighted by Crippen LogP contribution is 2.30. The normalized spacial score (nSPS) is 15.8. The highest BCUT2D eigenvalue weighted by atomic mass is 16.4. The summed E-state index contributed by atoms with van der Waals surface area (Å²) in [6.07, 6.45) is -0.0708. The lowest BCUT2D eigenvalue weighted by molar-refractivity contribution is -0.131. The number of aliphatic hydroxyl groups is 1. The van der Waals surface area contributed by atoms with Gasteiger partial charge in [0.05, 0.1) is 30.1 Å². The Morgan fingerprint density at radius 2 is 1.47 bits per heavy atom. The number of rotatable bonds is 16. The number of aryl methyl sites for hydroxylation is 1. The highest BCUT2D eigenvalue weighted by molar-refractivity contribution is 5.89. The van der Waals surface area contributed by atoms with Gasteiger partial charge in [0, 0.05) is 43.6 Å². The van der Waals surface area contributed by atoms with Gasteiger partial charge < -0.3 is 30.6 Å². The van der Waals surface area contributed by atoms with Crippen LogP contribution < -0.4 is 10.6 Å². The summed E-state index contributed by atoms with van der Waals surface area (Å²) < 4.78 is 0. The fraction of sp³-hybridized carbons (Fsp3) is 0.447. The summed E-state index contributed by atoms with van der Waals surface area (Å²) >= 11 is 0. The van der Waals surface area contributed by atoms with Crippen LogP contribution in [0.3, 0.4) is 0 Å². The summed E-state index contributed by atoms with van der Waals surface area (Å²) in [7, 11) is 1.36. The number of amides is 5. The largest absolute Gasteiger partial charge is 0.465 e. The van der Waals surface area contributed by atoms with E-state index < -0.39 is 53.1 Å². The molecule has 5 amide bonds. The van der Waals surface area contributed by atoms with Crippen molar-refractivity contribution in [3.8, 4) is 11.3 Å². The molecule has 3 heterocycles. The number of aromatic nitrogens is 2. The summed E-state index contributed by atoms with van der Waals surface area (Å²) in [5.41, 5.74) is 3.70. The maximum atomic E-state index is 14.7. The molecule has 1 aliphatic rings. The minimum atomic E-state index is -1.25. The third-order valence-corrected chi connectivity index (χ3v) is 10.9. The molecule has 0 unspecified atom stereocenters. The molecular formula is C47H61N7O6. The average Bonchev–Trinajstić information content (AvgIpc) is 3.52. The van der Waals surface area contributed by atoms with Crippen molar-refractivity contribution in [2.24, 2.45) is 10.8 Å². The van der Waals surface area contributed by atoms with E-state index in [-0.39, 0.29) is 24.8 Å². The first-order valence-electron chi connectivity index (χ1n) is 20.6. The van der Waals surface area contributed by atoms with Crippen LogP contribution in [0.2, 0.25) is 0 Å². The van der Waals surface area contributed by atoms with Gasteiger partial charge >= 0.3 is 12.1 Å². The molecule has 4 N–H and O–H groups in total. The Balaban J connectivity index is 1.44. The minimum Gasteiger partial charge on any atom is -0.465 e. The molecule has 2 aromatic heterocycles. The summed E-state index contributed by atoms with van der Waals surface area (Å²) in [4.78, 5) is 68.2. The van der Waals surface area contributed by atoms with Gasteiger partial charge in [-0.1, -0.05) is 108 Å². The van der Waals surface area contributed by atoms with Gasteiger partial charge in [-0.25, -0.2) is 9.59 Å². The summed E-state index contributed by atoms with van der Waals surface area (Å²) in [6.45, 7) is 14.2. The highest BCUT2D eigenvalue weighted by Gasteiger charge is 2.44. The van der Waals surface area contributed by atoms with Crippen molar-refractivity contribution >= 4 is 23.9 Å². The van der Waals surface area contributed by atoms with Gasteiger partial charge in [0.25, 0.3) is 0 Å². The molecule has 0 bridgehead atoms. The minimum absolute atomic E-state index is 0.0381. The maximum Gasteiger partial charge on any atom is 0.407 e. The molecule has 0 spiro atoms. The zero-order valence-corrected chi connectivity index (χ0v) is 36.1. The predicted molar refractivity (Wildman–Crippen MR) is 232 cm³/mol. The van der Waals surface area contributed by atoms with E-state index in [1.807, 2.05) is 119 Å². The fourth-order valence-electron chi connectivity index (χ4n) is 8.11. The zero-order valence-electron chi connectivity index (χ0n) is 36.1. The number of carboxylic acid groups (broad SMARTS) is 1. The Hall–Kier alpha value is -5.82. The van der Waals surface area contributed by atoms with Crippen LogP contribution in [0, 0.1) is 17.8 Å². The van der Waals surface area contributed by atoms with E-state index in [0.717, 1.165) is 38.7 Å². The predicted octanol–water partition coefficient (Wildman–Crippen LogP) is 6.33. The molecule has 13 heteroatoms. The second kappa shape index (κ2) is 19.5. The fourth-order valence-corrected chi connectivity index (χ4v) is 8.11. The standard InChI is InChI=1S/C47H61N7O6/c1-31-15-14-18-35(49-31)30-53-25-26-54(44(53)58)41(47(5,6)7)43(57)50-36(27-33-20-22-34(23-21-33)37-19-12-13-24-48-37)29-39(55)38(28-32-16-10-9-11-17-32)51-42(56)40(46(2,3)4)52(8)45(59)60/h9-24,36,38-41,55H,25-30H2,1-8H3,(H,50,57)(H,51,56)(H,59,60)/t36-,38+,39-,40-,41-/m1/s1.